The summed E-state index contributed by atoms with van der Waals surface area (Å²) in [6.07, 6.45) is 16.6. The van der Waals surface area contributed by atoms with Gasteiger partial charge in [-0.2, -0.15) is 0 Å². The maximum atomic E-state index is 13.4. The van der Waals surface area contributed by atoms with Gasteiger partial charge in [0.05, 0.1) is 23.8 Å². The van der Waals surface area contributed by atoms with Crippen LogP contribution in [0.5, 0.6) is 0 Å². The lowest BCUT2D eigenvalue weighted by atomic mass is 9.47. The maximum absolute atomic E-state index is 13.4. The Morgan fingerprint density at radius 1 is 0.785 bits per heavy atom. The van der Waals surface area contributed by atoms with Gasteiger partial charge in [0.1, 0.15) is 11.5 Å². The molecule has 1 unspecified atom stereocenters. The average Bonchev–Trinajstić information content (AvgIpc) is 3.73. The largest absolute Gasteiger partial charge is 0.456 e. The zero-order valence-corrected chi connectivity index (χ0v) is 41.3. The third-order valence-corrected chi connectivity index (χ3v) is 17.9. The summed E-state index contributed by atoms with van der Waals surface area (Å²) in [6, 6.07) is 6.54. The van der Waals surface area contributed by atoms with E-state index in [1.807, 2.05) is 0 Å². The molecule has 0 spiro atoms. The number of imide groups is 1. The molecular formula is C53H77NO10S. The minimum atomic E-state index is -1.26. The molecule has 2 aliphatic heterocycles. The summed E-state index contributed by atoms with van der Waals surface area (Å²) in [5.74, 6) is 2.71. The van der Waals surface area contributed by atoms with Crippen molar-refractivity contribution >= 4 is 41.5 Å². The van der Waals surface area contributed by atoms with Crippen molar-refractivity contribution in [3.63, 3.8) is 0 Å². The molecule has 2 heterocycles. The Morgan fingerprint density at radius 2 is 1.45 bits per heavy atom. The molecular weight excluding hydrogens is 843 g/mol. The van der Waals surface area contributed by atoms with Gasteiger partial charge in [0.25, 0.3) is 11.8 Å². The number of carbonyl (C=O) groups is 5. The van der Waals surface area contributed by atoms with Crippen LogP contribution in [0.1, 0.15) is 172 Å². The molecule has 65 heavy (non-hydrogen) atoms. The SMILES string of the molecule is CC(=O)O[C@H]1[C@@H](OC(C)=O)[C@@H](CN2C(=O)c3ccccc3C2=O)O[C@@H](SCCCCCCOC2CC[C@@]3(C)C(=CC[C@H]4[C@@H]5CC[C@H]([C@H](C)CCCC(C)C)[C@@]5(C)CC[C@@H]43)C2)[C@@H]1OC(C)=O. The number of rotatable bonds is 19. The normalized spacial score (nSPS) is 34.5. The van der Waals surface area contributed by atoms with Crippen LogP contribution in [0.15, 0.2) is 35.9 Å². The van der Waals surface area contributed by atoms with E-state index in [1.54, 1.807) is 29.8 Å². The van der Waals surface area contributed by atoms with Crippen molar-refractivity contribution < 1.29 is 47.7 Å². The molecule has 7 rings (SSSR count). The number of ether oxygens (including phenoxy) is 5. The van der Waals surface area contributed by atoms with Gasteiger partial charge in [-0.3, -0.25) is 28.9 Å². The van der Waals surface area contributed by atoms with Gasteiger partial charge < -0.3 is 23.7 Å². The van der Waals surface area contributed by atoms with E-state index in [2.05, 4.69) is 40.7 Å². The molecule has 360 valence electrons. The Bertz CT molecular complexity index is 1880. The Hall–Kier alpha value is -3.22. The minimum Gasteiger partial charge on any atom is -0.456 e. The fraction of sp³-hybridized carbons (Fsp3) is 0.755. The van der Waals surface area contributed by atoms with Gasteiger partial charge in [0.15, 0.2) is 18.3 Å². The highest BCUT2D eigenvalue weighted by molar-refractivity contribution is 7.99. The predicted molar refractivity (Wildman–Crippen MR) is 251 cm³/mol. The van der Waals surface area contributed by atoms with Gasteiger partial charge in [-0.25, -0.2) is 0 Å². The van der Waals surface area contributed by atoms with Crippen molar-refractivity contribution in [3.8, 4) is 0 Å². The predicted octanol–water partition coefficient (Wildman–Crippen LogP) is 10.5. The first-order valence-corrected chi connectivity index (χ1v) is 26.1. The molecule has 4 aliphatic carbocycles. The van der Waals surface area contributed by atoms with E-state index in [0.29, 0.717) is 16.6 Å². The quantitative estimate of drug-likeness (QED) is 0.0431. The summed E-state index contributed by atoms with van der Waals surface area (Å²) in [6.45, 7) is 16.7. The fourth-order valence-corrected chi connectivity index (χ4v) is 14.7. The number of hydrogen-bond acceptors (Lipinski definition) is 11. The van der Waals surface area contributed by atoms with Crippen LogP contribution in [-0.4, -0.2) is 89.5 Å². The molecule has 13 atom stereocenters. The number of allylic oxidation sites excluding steroid dienone is 1. The molecule has 0 bridgehead atoms. The Labute approximate surface area is 392 Å². The lowest BCUT2D eigenvalue weighted by Gasteiger charge is -2.58. The van der Waals surface area contributed by atoms with Gasteiger partial charge >= 0.3 is 17.9 Å². The Balaban J connectivity index is 0.884. The van der Waals surface area contributed by atoms with Gasteiger partial charge in [-0.15, -0.1) is 11.8 Å². The molecule has 0 N–H and O–H groups in total. The zero-order valence-electron chi connectivity index (χ0n) is 40.5. The number of hydrogen-bond donors (Lipinski definition) is 0. The van der Waals surface area contributed by atoms with E-state index in [1.165, 1.54) is 90.3 Å². The molecule has 0 radical (unpaired) electrons. The number of thioether (sulfide) groups is 1. The summed E-state index contributed by atoms with van der Waals surface area (Å²) < 4.78 is 30.1. The lowest BCUT2D eigenvalue weighted by Crippen LogP contribution is -2.62. The van der Waals surface area contributed by atoms with Gasteiger partial charge in [0.2, 0.25) is 0 Å². The van der Waals surface area contributed by atoms with Crippen molar-refractivity contribution in [2.24, 2.45) is 46.3 Å². The second-order valence-electron chi connectivity index (χ2n) is 21.3. The van der Waals surface area contributed by atoms with Gasteiger partial charge in [0, 0.05) is 27.4 Å². The second kappa shape index (κ2) is 21.4. The number of fused-ring (bicyclic) bond motifs is 6. The zero-order chi connectivity index (χ0) is 46.6. The first-order chi connectivity index (χ1) is 31.0. The molecule has 11 nitrogen and oxygen atoms in total. The molecule has 3 saturated carbocycles. The molecule has 6 aliphatic rings. The van der Waals surface area contributed by atoms with E-state index < -0.39 is 59.6 Å². The summed E-state index contributed by atoms with van der Waals surface area (Å²) in [5.41, 5.74) is 2.20. The van der Waals surface area contributed by atoms with Gasteiger partial charge in [-0.05, 0) is 128 Å². The highest BCUT2D eigenvalue weighted by Crippen LogP contribution is 2.67. The second-order valence-corrected chi connectivity index (χ2v) is 22.5. The van der Waals surface area contributed by atoms with E-state index in [-0.39, 0.29) is 23.8 Å². The number of amides is 2. The van der Waals surface area contributed by atoms with Crippen molar-refractivity contribution in [2.45, 2.75) is 188 Å². The molecule has 12 heteroatoms. The summed E-state index contributed by atoms with van der Waals surface area (Å²) in [5, 5.41) is 0. The first kappa shape index (κ1) is 49.7. The van der Waals surface area contributed by atoms with Crippen LogP contribution in [-0.2, 0) is 38.1 Å². The smallest absolute Gasteiger partial charge is 0.303 e. The van der Waals surface area contributed by atoms with Crippen molar-refractivity contribution in [1.29, 1.82) is 0 Å². The number of unbranched alkanes of at least 4 members (excludes halogenated alkanes) is 3. The van der Waals surface area contributed by atoms with Crippen LogP contribution < -0.4 is 0 Å². The Morgan fingerprint density at radius 3 is 2.12 bits per heavy atom. The van der Waals surface area contributed by atoms with E-state index in [4.69, 9.17) is 23.7 Å². The molecule has 1 saturated heterocycles. The molecule has 1 aromatic rings. The summed E-state index contributed by atoms with van der Waals surface area (Å²) in [4.78, 5) is 64.9. The van der Waals surface area contributed by atoms with Crippen LogP contribution in [0.3, 0.4) is 0 Å². The molecule has 0 aromatic heterocycles. The standard InChI is InChI=1S/C53H77NO10S/c1-32(2)16-15-17-33(3)42-22-23-43-41-21-20-37-30-38(24-26-52(37,7)44(41)25-27-53(42,43)8)60-28-13-9-10-14-29-65-51-48(63-36(6)57)47(62-35(5)56)46(61-34(4)55)45(64-51)31-54-49(58)39-18-11-12-19-40(39)50(54)59/h11-12,18-20,32-33,38,41-48,51H,9-10,13-17,21-31H2,1-8H3/t33-,38?,41+,42-,43+,44+,45-,46+,47+,48-,51+,52+,53-/m1/s1. The fourth-order valence-electron chi connectivity index (χ4n) is 13.5. The molecule has 4 fully saturated rings. The minimum absolute atomic E-state index is 0.261. The third-order valence-electron chi connectivity index (χ3n) is 16.7. The third kappa shape index (κ3) is 10.9. The van der Waals surface area contributed by atoms with Gasteiger partial charge in [-0.1, -0.05) is 90.5 Å². The molecule has 1 aromatic carbocycles. The summed E-state index contributed by atoms with van der Waals surface area (Å²) >= 11 is 1.41. The number of benzene rings is 1. The van der Waals surface area contributed by atoms with Crippen LogP contribution in [0.25, 0.3) is 0 Å². The summed E-state index contributed by atoms with van der Waals surface area (Å²) in [7, 11) is 0. The van der Waals surface area contributed by atoms with E-state index in [9.17, 15) is 24.0 Å². The number of esters is 3. The topological polar surface area (TPSA) is 135 Å². The van der Waals surface area contributed by atoms with Crippen molar-refractivity contribution in [1.82, 2.24) is 4.90 Å². The maximum Gasteiger partial charge on any atom is 0.303 e. The molecule has 2 amide bonds. The van der Waals surface area contributed by atoms with E-state index >= 15 is 0 Å². The van der Waals surface area contributed by atoms with E-state index in [0.717, 1.165) is 85.5 Å². The highest BCUT2D eigenvalue weighted by atomic mass is 32.2. The van der Waals surface area contributed by atoms with Crippen LogP contribution in [0.2, 0.25) is 0 Å². The Kier molecular flexibility index (Phi) is 16.3. The highest BCUT2D eigenvalue weighted by Gasteiger charge is 2.59. The van der Waals surface area contributed by atoms with Crippen molar-refractivity contribution in [3.05, 3.63) is 47.0 Å². The van der Waals surface area contributed by atoms with Crippen molar-refractivity contribution in [2.75, 3.05) is 18.9 Å². The first-order valence-electron chi connectivity index (χ1n) is 25.1. The average molecular weight is 920 g/mol. The number of nitrogens with zero attached hydrogens (tertiary/aromatic N) is 1. The number of carbonyl (C=O) groups excluding carboxylic acids is 5. The van der Waals surface area contributed by atoms with Crippen LogP contribution in [0.4, 0.5) is 0 Å². The van der Waals surface area contributed by atoms with Crippen LogP contribution in [0, 0.1) is 46.3 Å². The van der Waals surface area contributed by atoms with Crippen LogP contribution >= 0.6 is 11.8 Å². The monoisotopic (exact) mass is 920 g/mol. The lowest BCUT2D eigenvalue weighted by molar-refractivity contribution is -0.232.